The molecule has 3 heterocycles. The molecule has 1 aliphatic rings. The number of H-pyrrole nitrogens is 1. The maximum Gasteiger partial charge on any atom is 0.251 e. The van der Waals surface area contributed by atoms with E-state index in [-0.39, 0.29) is 11.5 Å². The van der Waals surface area contributed by atoms with E-state index in [9.17, 15) is 4.79 Å². The van der Waals surface area contributed by atoms with Crippen LogP contribution in [0.3, 0.4) is 0 Å². The van der Waals surface area contributed by atoms with Crippen LogP contribution >= 0.6 is 0 Å². The van der Waals surface area contributed by atoms with Crippen molar-refractivity contribution in [3.05, 3.63) is 82.7 Å². The summed E-state index contributed by atoms with van der Waals surface area (Å²) in [4.78, 5) is 26.5. The van der Waals surface area contributed by atoms with Gasteiger partial charge in [-0.25, -0.2) is 4.98 Å². The second-order valence-corrected chi connectivity index (χ2v) is 7.13. The highest BCUT2D eigenvalue weighted by Gasteiger charge is 2.23. The quantitative estimate of drug-likeness (QED) is 0.759. The number of hydrogen-bond donors (Lipinski definition) is 1. The van der Waals surface area contributed by atoms with Crippen molar-refractivity contribution in [2.45, 2.75) is 25.2 Å². The zero-order valence-electron chi connectivity index (χ0n) is 15.3. The summed E-state index contributed by atoms with van der Waals surface area (Å²) in [5.41, 5.74) is 2.92. The monoisotopic (exact) mass is 360 g/mol. The van der Waals surface area contributed by atoms with Gasteiger partial charge in [-0.05, 0) is 43.5 Å². The largest absolute Gasteiger partial charge is 0.310 e. The Morgan fingerprint density at radius 3 is 2.74 bits per heavy atom. The third-order valence-corrected chi connectivity index (χ3v) is 5.19. The number of nitrogens with one attached hydrogen (secondary N) is 1. The van der Waals surface area contributed by atoms with Crippen LogP contribution in [-0.4, -0.2) is 39.5 Å². The van der Waals surface area contributed by atoms with Crippen molar-refractivity contribution in [1.82, 2.24) is 19.9 Å². The van der Waals surface area contributed by atoms with Crippen molar-refractivity contribution < 1.29 is 0 Å². The molecule has 3 aromatic rings. The molecule has 0 aliphatic carbocycles. The van der Waals surface area contributed by atoms with Crippen molar-refractivity contribution >= 4 is 0 Å². The predicted octanol–water partition coefficient (Wildman–Crippen LogP) is 3.25. The zero-order valence-corrected chi connectivity index (χ0v) is 15.3. The van der Waals surface area contributed by atoms with Crippen molar-refractivity contribution in [1.29, 1.82) is 0 Å². The summed E-state index contributed by atoms with van der Waals surface area (Å²) < 4.78 is 0. The highest BCUT2D eigenvalue weighted by molar-refractivity contribution is 5.57. The van der Waals surface area contributed by atoms with E-state index < -0.39 is 0 Å². The molecule has 0 saturated carbocycles. The van der Waals surface area contributed by atoms with Crippen LogP contribution in [0, 0.1) is 0 Å². The van der Waals surface area contributed by atoms with Crippen LogP contribution in [0.15, 0.2) is 65.7 Å². The fraction of sp³-hybridized carbons (Fsp3) is 0.318. The SMILES string of the molecule is O=c1cc(-c2ccncc2)nc([C@@H]2CCCN(CCc3ccccc3)C2)[nH]1. The lowest BCUT2D eigenvalue weighted by Crippen LogP contribution is -2.36. The van der Waals surface area contributed by atoms with Crippen molar-refractivity contribution in [2.75, 3.05) is 19.6 Å². The maximum absolute atomic E-state index is 12.2. The lowest BCUT2D eigenvalue weighted by molar-refractivity contribution is 0.206. The van der Waals surface area contributed by atoms with Crippen LogP contribution < -0.4 is 5.56 Å². The summed E-state index contributed by atoms with van der Waals surface area (Å²) in [6.45, 7) is 3.09. The van der Waals surface area contributed by atoms with Gasteiger partial charge in [0.25, 0.3) is 5.56 Å². The molecule has 0 spiro atoms. The fourth-order valence-corrected chi connectivity index (χ4v) is 3.75. The molecule has 1 aliphatic heterocycles. The normalized spacial score (nSPS) is 17.7. The number of aromatic nitrogens is 3. The van der Waals surface area contributed by atoms with E-state index in [2.05, 4.69) is 45.2 Å². The van der Waals surface area contributed by atoms with Gasteiger partial charge in [-0.15, -0.1) is 0 Å². The van der Waals surface area contributed by atoms with E-state index >= 15 is 0 Å². The minimum absolute atomic E-state index is 0.0896. The molecule has 0 bridgehead atoms. The fourth-order valence-electron chi connectivity index (χ4n) is 3.75. The number of nitrogens with zero attached hydrogens (tertiary/aromatic N) is 3. The van der Waals surface area contributed by atoms with Gasteiger partial charge in [0, 0.05) is 43.0 Å². The summed E-state index contributed by atoms with van der Waals surface area (Å²) in [5.74, 6) is 1.07. The smallest absolute Gasteiger partial charge is 0.251 e. The molecular weight excluding hydrogens is 336 g/mol. The molecule has 138 valence electrons. The number of aromatic amines is 1. The second-order valence-electron chi connectivity index (χ2n) is 7.13. The first-order chi connectivity index (χ1) is 13.3. The van der Waals surface area contributed by atoms with Crippen LogP contribution in [0.4, 0.5) is 0 Å². The van der Waals surface area contributed by atoms with Gasteiger partial charge in [0.2, 0.25) is 0 Å². The third kappa shape index (κ3) is 4.49. The van der Waals surface area contributed by atoms with E-state index in [0.29, 0.717) is 0 Å². The molecule has 1 aromatic carbocycles. The molecule has 0 radical (unpaired) electrons. The van der Waals surface area contributed by atoms with E-state index in [1.54, 1.807) is 18.5 Å². The Bertz CT molecular complexity index is 924. The van der Waals surface area contributed by atoms with Gasteiger partial charge in [0.05, 0.1) is 5.69 Å². The Hall–Kier alpha value is -2.79. The maximum atomic E-state index is 12.2. The van der Waals surface area contributed by atoms with Gasteiger partial charge in [0.1, 0.15) is 5.82 Å². The Labute approximate surface area is 159 Å². The second kappa shape index (κ2) is 8.27. The van der Waals surface area contributed by atoms with Gasteiger partial charge in [-0.3, -0.25) is 9.78 Å². The van der Waals surface area contributed by atoms with Gasteiger partial charge in [-0.2, -0.15) is 0 Å². The molecule has 1 saturated heterocycles. The Morgan fingerprint density at radius 1 is 1.11 bits per heavy atom. The van der Waals surface area contributed by atoms with Gasteiger partial charge in [-0.1, -0.05) is 30.3 Å². The van der Waals surface area contributed by atoms with Gasteiger partial charge >= 0.3 is 0 Å². The summed E-state index contributed by atoms with van der Waals surface area (Å²) in [6, 6.07) is 15.9. The Balaban J connectivity index is 1.48. The number of benzene rings is 1. The average Bonchev–Trinajstić information content (AvgIpc) is 2.73. The molecule has 2 aromatic heterocycles. The van der Waals surface area contributed by atoms with Crippen molar-refractivity contribution in [2.24, 2.45) is 0 Å². The highest BCUT2D eigenvalue weighted by Crippen LogP contribution is 2.25. The number of pyridine rings is 1. The Kier molecular flexibility index (Phi) is 5.39. The van der Waals surface area contributed by atoms with Crippen molar-refractivity contribution in [3.63, 3.8) is 0 Å². The average molecular weight is 360 g/mol. The topological polar surface area (TPSA) is 61.9 Å². The first-order valence-corrected chi connectivity index (χ1v) is 9.56. The van der Waals surface area contributed by atoms with Crippen LogP contribution in [0.25, 0.3) is 11.3 Å². The summed E-state index contributed by atoms with van der Waals surface area (Å²) in [6.07, 6.45) is 6.69. The molecule has 5 nitrogen and oxygen atoms in total. The molecule has 0 unspecified atom stereocenters. The number of likely N-dealkylation sites (tertiary alicyclic amines) is 1. The standard InChI is InChI=1S/C22H24N4O/c27-21-15-20(18-8-11-23-12-9-18)24-22(25-21)19-7-4-13-26(16-19)14-10-17-5-2-1-3-6-17/h1-3,5-6,8-9,11-12,15,19H,4,7,10,13-14,16H2,(H,24,25,27)/t19-/m1/s1. The van der Waals surface area contributed by atoms with Crippen molar-refractivity contribution in [3.8, 4) is 11.3 Å². The minimum atomic E-state index is -0.0896. The van der Waals surface area contributed by atoms with Crippen LogP contribution in [-0.2, 0) is 6.42 Å². The van der Waals surface area contributed by atoms with E-state index in [4.69, 9.17) is 4.98 Å². The number of rotatable bonds is 5. The molecule has 5 heteroatoms. The molecule has 1 N–H and O–H groups in total. The number of piperidine rings is 1. The van der Waals surface area contributed by atoms with Crippen LogP contribution in [0.2, 0.25) is 0 Å². The first kappa shape index (κ1) is 17.6. The van der Waals surface area contributed by atoms with E-state index in [0.717, 1.165) is 56.0 Å². The molecule has 4 rings (SSSR count). The van der Waals surface area contributed by atoms with Crippen LogP contribution in [0.1, 0.15) is 30.1 Å². The van der Waals surface area contributed by atoms with E-state index in [1.165, 1.54) is 5.56 Å². The summed E-state index contributed by atoms with van der Waals surface area (Å²) in [5, 5.41) is 0. The summed E-state index contributed by atoms with van der Waals surface area (Å²) in [7, 11) is 0. The zero-order chi connectivity index (χ0) is 18.5. The number of hydrogen-bond acceptors (Lipinski definition) is 4. The van der Waals surface area contributed by atoms with Gasteiger partial charge < -0.3 is 9.88 Å². The molecule has 0 amide bonds. The highest BCUT2D eigenvalue weighted by atomic mass is 16.1. The lowest BCUT2D eigenvalue weighted by atomic mass is 9.96. The van der Waals surface area contributed by atoms with Crippen LogP contribution in [0.5, 0.6) is 0 Å². The first-order valence-electron chi connectivity index (χ1n) is 9.56. The minimum Gasteiger partial charge on any atom is -0.310 e. The molecule has 1 atom stereocenters. The molecule has 27 heavy (non-hydrogen) atoms. The predicted molar refractivity (Wildman–Crippen MR) is 107 cm³/mol. The molecule has 1 fully saturated rings. The third-order valence-electron chi connectivity index (χ3n) is 5.19. The van der Waals surface area contributed by atoms with Gasteiger partial charge in [0.15, 0.2) is 0 Å². The Morgan fingerprint density at radius 2 is 1.93 bits per heavy atom. The summed E-state index contributed by atoms with van der Waals surface area (Å²) >= 11 is 0. The lowest BCUT2D eigenvalue weighted by Gasteiger charge is -2.32. The molecular formula is C22H24N4O. The van der Waals surface area contributed by atoms with E-state index in [1.807, 2.05) is 12.1 Å².